The second kappa shape index (κ2) is 4.19. The standard InChI is InChI=1S/C15H22O4/c1-9(10-2-3-11-13(6-10)18-11)15(17-8-16)5-4-12-14(7-15)19-12/h8-14H,2-7H2,1H3. The Morgan fingerprint density at radius 2 is 1.95 bits per heavy atom. The van der Waals surface area contributed by atoms with Crippen LogP contribution in [0.25, 0.3) is 0 Å². The fraction of sp³-hybridized carbons (Fsp3) is 0.933. The van der Waals surface area contributed by atoms with Gasteiger partial charge >= 0.3 is 0 Å². The molecule has 0 amide bonds. The highest BCUT2D eigenvalue weighted by atomic mass is 16.6. The Kier molecular flexibility index (Phi) is 2.68. The van der Waals surface area contributed by atoms with E-state index in [0.717, 1.165) is 25.7 Å². The first-order chi connectivity index (χ1) is 9.22. The van der Waals surface area contributed by atoms with Crippen LogP contribution in [-0.2, 0) is 19.0 Å². The Morgan fingerprint density at radius 1 is 1.16 bits per heavy atom. The SMILES string of the molecule is CC(C1CCC2OC2C1)C1(OC=O)CCC2OC2C1. The molecule has 4 heteroatoms. The van der Waals surface area contributed by atoms with Gasteiger partial charge in [0.15, 0.2) is 0 Å². The molecule has 2 aliphatic carbocycles. The van der Waals surface area contributed by atoms with E-state index in [9.17, 15) is 4.79 Å². The predicted octanol–water partition coefficient (Wildman–Crippen LogP) is 2.05. The van der Waals surface area contributed by atoms with Crippen LogP contribution in [-0.4, -0.2) is 36.5 Å². The van der Waals surface area contributed by atoms with Crippen LogP contribution in [0.2, 0.25) is 0 Å². The van der Waals surface area contributed by atoms with E-state index in [1.165, 1.54) is 12.8 Å². The van der Waals surface area contributed by atoms with Gasteiger partial charge in [0.05, 0.1) is 24.4 Å². The molecule has 0 spiro atoms. The van der Waals surface area contributed by atoms with Crippen molar-refractivity contribution in [1.82, 2.24) is 0 Å². The third-order valence-corrected chi connectivity index (χ3v) is 5.95. The molecule has 0 aromatic rings. The highest BCUT2D eigenvalue weighted by Crippen LogP contribution is 2.51. The number of hydrogen-bond acceptors (Lipinski definition) is 4. The maximum atomic E-state index is 11.0. The molecule has 0 aromatic heterocycles. The molecule has 0 N–H and O–H groups in total. The van der Waals surface area contributed by atoms with Crippen LogP contribution >= 0.6 is 0 Å². The molecule has 4 aliphatic rings. The van der Waals surface area contributed by atoms with E-state index >= 15 is 0 Å². The minimum absolute atomic E-state index is 0.286. The molecular formula is C15H22O4. The lowest BCUT2D eigenvalue weighted by atomic mass is 9.67. The van der Waals surface area contributed by atoms with E-state index in [-0.39, 0.29) is 5.60 Å². The number of ether oxygens (including phenoxy) is 3. The minimum Gasteiger partial charge on any atom is -0.461 e. The Hall–Kier alpha value is -0.610. The second-order valence-electron chi connectivity index (χ2n) is 6.81. The maximum Gasteiger partial charge on any atom is 0.293 e. The lowest BCUT2D eigenvalue weighted by Gasteiger charge is -2.43. The van der Waals surface area contributed by atoms with Crippen molar-refractivity contribution in [3.05, 3.63) is 0 Å². The normalized spacial score (nSPS) is 52.6. The van der Waals surface area contributed by atoms with Crippen molar-refractivity contribution in [2.24, 2.45) is 11.8 Å². The van der Waals surface area contributed by atoms with Crippen LogP contribution in [0.5, 0.6) is 0 Å². The zero-order valence-corrected chi connectivity index (χ0v) is 11.4. The average molecular weight is 266 g/mol. The first-order valence-corrected chi connectivity index (χ1v) is 7.64. The zero-order chi connectivity index (χ0) is 13.0. The van der Waals surface area contributed by atoms with Crippen LogP contribution in [0, 0.1) is 11.8 Å². The Balaban J connectivity index is 1.50. The van der Waals surface area contributed by atoms with Crippen LogP contribution in [0.4, 0.5) is 0 Å². The summed E-state index contributed by atoms with van der Waals surface area (Å²) >= 11 is 0. The van der Waals surface area contributed by atoms with Gasteiger partial charge in [0.2, 0.25) is 0 Å². The Bertz CT molecular complexity index is 384. The fourth-order valence-electron chi connectivity index (χ4n) is 4.48. The van der Waals surface area contributed by atoms with Crippen LogP contribution in [0.15, 0.2) is 0 Å². The number of carbonyl (C=O) groups excluding carboxylic acids is 1. The number of fused-ring (bicyclic) bond motifs is 2. The summed E-state index contributed by atoms with van der Waals surface area (Å²) in [6.07, 6.45) is 8.23. The summed E-state index contributed by atoms with van der Waals surface area (Å²) in [4.78, 5) is 11.0. The lowest BCUT2D eigenvalue weighted by molar-refractivity contribution is -0.157. The van der Waals surface area contributed by atoms with Gasteiger partial charge in [-0.3, -0.25) is 4.79 Å². The number of carbonyl (C=O) groups is 1. The van der Waals surface area contributed by atoms with Gasteiger partial charge in [-0.2, -0.15) is 0 Å². The Labute approximate surface area is 113 Å². The predicted molar refractivity (Wildman–Crippen MR) is 67.6 cm³/mol. The molecule has 7 unspecified atom stereocenters. The third-order valence-electron chi connectivity index (χ3n) is 5.95. The molecule has 2 saturated heterocycles. The number of epoxide rings is 2. The zero-order valence-electron chi connectivity index (χ0n) is 11.4. The minimum atomic E-state index is -0.286. The summed E-state index contributed by atoms with van der Waals surface area (Å²) < 4.78 is 16.9. The smallest absolute Gasteiger partial charge is 0.293 e. The molecule has 2 heterocycles. The van der Waals surface area contributed by atoms with E-state index in [0.29, 0.717) is 42.7 Å². The van der Waals surface area contributed by atoms with Crippen LogP contribution in [0.1, 0.15) is 45.4 Å². The van der Waals surface area contributed by atoms with Crippen molar-refractivity contribution in [3.8, 4) is 0 Å². The lowest BCUT2D eigenvalue weighted by Crippen LogP contribution is -2.47. The van der Waals surface area contributed by atoms with Gasteiger partial charge in [-0.05, 0) is 43.9 Å². The highest BCUT2D eigenvalue weighted by Gasteiger charge is 2.56. The molecule has 4 fully saturated rings. The summed E-state index contributed by atoms with van der Waals surface area (Å²) in [5.41, 5.74) is -0.286. The highest BCUT2D eigenvalue weighted by molar-refractivity contribution is 5.39. The molecule has 4 rings (SSSR count). The van der Waals surface area contributed by atoms with E-state index in [1.54, 1.807) is 0 Å². The van der Waals surface area contributed by atoms with E-state index in [4.69, 9.17) is 14.2 Å². The first-order valence-electron chi connectivity index (χ1n) is 7.64. The van der Waals surface area contributed by atoms with Crippen molar-refractivity contribution < 1.29 is 19.0 Å². The van der Waals surface area contributed by atoms with Crippen molar-refractivity contribution in [2.75, 3.05) is 0 Å². The maximum absolute atomic E-state index is 11.0. The summed E-state index contributed by atoms with van der Waals surface area (Å²) in [7, 11) is 0. The molecule has 2 aliphatic heterocycles. The van der Waals surface area contributed by atoms with Gasteiger partial charge in [0.1, 0.15) is 5.60 Å². The van der Waals surface area contributed by atoms with E-state index in [2.05, 4.69) is 6.92 Å². The van der Waals surface area contributed by atoms with Crippen molar-refractivity contribution >= 4 is 6.47 Å². The molecule has 4 nitrogen and oxygen atoms in total. The van der Waals surface area contributed by atoms with Gasteiger partial charge in [-0.1, -0.05) is 6.92 Å². The molecule has 0 bridgehead atoms. The first kappa shape index (κ1) is 12.2. The molecule has 19 heavy (non-hydrogen) atoms. The topological polar surface area (TPSA) is 51.4 Å². The van der Waals surface area contributed by atoms with Gasteiger partial charge in [0, 0.05) is 6.42 Å². The quantitative estimate of drug-likeness (QED) is 0.577. The number of rotatable bonds is 4. The number of hydrogen-bond donors (Lipinski definition) is 0. The van der Waals surface area contributed by atoms with Crippen LogP contribution in [0.3, 0.4) is 0 Å². The molecular weight excluding hydrogens is 244 g/mol. The molecule has 0 radical (unpaired) electrons. The van der Waals surface area contributed by atoms with Crippen molar-refractivity contribution in [1.29, 1.82) is 0 Å². The fourth-order valence-corrected chi connectivity index (χ4v) is 4.48. The molecule has 0 aromatic carbocycles. The van der Waals surface area contributed by atoms with Gasteiger partial charge in [-0.15, -0.1) is 0 Å². The van der Waals surface area contributed by atoms with E-state index < -0.39 is 0 Å². The van der Waals surface area contributed by atoms with Gasteiger partial charge < -0.3 is 14.2 Å². The van der Waals surface area contributed by atoms with Crippen molar-refractivity contribution in [2.45, 2.75) is 75.5 Å². The van der Waals surface area contributed by atoms with Crippen molar-refractivity contribution in [3.63, 3.8) is 0 Å². The third kappa shape index (κ3) is 2.00. The summed E-state index contributed by atoms with van der Waals surface area (Å²) in [6.45, 7) is 2.91. The largest absolute Gasteiger partial charge is 0.461 e. The molecule has 7 atom stereocenters. The van der Waals surface area contributed by atoms with E-state index in [1.807, 2.05) is 0 Å². The summed E-state index contributed by atoms with van der Waals surface area (Å²) in [6, 6.07) is 0. The average Bonchev–Trinajstić information content (AvgIpc) is 3.31. The second-order valence-corrected chi connectivity index (χ2v) is 6.81. The van der Waals surface area contributed by atoms with Crippen LogP contribution < -0.4 is 0 Å². The summed E-state index contributed by atoms with van der Waals surface area (Å²) in [5.74, 6) is 1.03. The van der Waals surface area contributed by atoms with Gasteiger partial charge in [0.25, 0.3) is 6.47 Å². The Morgan fingerprint density at radius 3 is 2.68 bits per heavy atom. The molecule has 106 valence electrons. The molecule has 2 saturated carbocycles. The van der Waals surface area contributed by atoms with Gasteiger partial charge in [-0.25, -0.2) is 0 Å². The summed E-state index contributed by atoms with van der Waals surface area (Å²) in [5, 5.41) is 0. The monoisotopic (exact) mass is 266 g/mol.